The van der Waals surface area contributed by atoms with E-state index in [0.29, 0.717) is 5.75 Å². The van der Waals surface area contributed by atoms with Crippen LogP contribution < -0.4 is 0 Å². The lowest BCUT2D eigenvalue weighted by Gasteiger charge is -2.18. The average Bonchev–Trinajstić information content (AvgIpc) is 3.00. The number of fused-ring (bicyclic) bond motifs is 1. The minimum atomic E-state index is 0.362. The maximum Gasteiger partial charge on any atom is 0.136 e. The van der Waals surface area contributed by atoms with E-state index in [9.17, 15) is 5.11 Å². The van der Waals surface area contributed by atoms with Crippen LogP contribution in [0.4, 0.5) is 0 Å². The van der Waals surface area contributed by atoms with Crippen LogP contribution in [-0.2, 0) is 5.75 Å². The Morgan fingerprint density at radius 1 is 1.15 bits per heavy atom. The highest BCUT2D eigenvalue weighted by Crippen LogP contribution is 2.31. The highest BCUT2D eigenvalue weighted by Gasteiger charge is 2.16. The second-order valence-corrected chi connectivity index (χ2v) is 6.64. The van der Waals surface area contributed by atoms with Crippen molar-refractivity contribution >= 4 is 39.1 Å². The second kappa shape index (κ2) is 6.02. The Balaban J connectivity index is 1.80. The van der Waals surface area contributed by atoms with Crippen LogP contribution in [0.1, 0.15) is 18.4 Å². The minimum absolute atomic E-state index is 0.362. The number of benzene rings is 2. The number of thioether (sulfide) groups is 1. The van der Waals surface area contributed by atoms with Crippen molar-refractivity contribution in [1.29, 1.82) is 0 Å². The fraction of sp³-hybridized carbons (Fsp3) is 0.312. The third-order valence-electron chi connectivity index (χ3n) is 3.72. The number of hydrogen-bond donors (Lipinski definition) is 1. The van der Waals surface area contributed by atoms with E-state index in [4.69, 9.17) is 12.2 Å². The molecule has 2 aromatic carbocycles. The molecule has 0 spiro atoms. The third kappa shape index (κ3) is 2.76. The maximum atomic E-state index is 10.1. The molecule has 0 aliphatic carbocycles. The lowest BCUT2D eigenvalue weighted by molar-refractivity contribution is 0.472. The molecule has 4 heteroatoms. The first-order chi connectivity index (χ1) is 9.75. The van der Waals surface area contributed by atoms with Crippen LogP contribution in [-0.4, -0.2) is 27.4 Å². The van der Waals surface area contributed by atoms with Crippen LogP contribution in [0.2, 0.25) is 0 Å². The zero-order valence-electron chi connectivity index (χ0n) is 11.2. The monoisotopic (exact) mass is 303 g/mol. The van der Waals surface area contributed by atoms with Crippen molar-refractivity contribution in [2.24, 2.45) is 0 Å². The van der Waals surface area contributed by atoms with Crippen molar-refractivity contribution in [3.05, 3.63) is 42.0 Å². The molecule has 1 fully saturated rings. The fourth-order valence-electron chi connectivity index (χ4n) is 2.60. The van der Waals surface area contributed by atoms with E-state index in [0.717, 1.165) is 39.5 Å². The summed E-state index contributed by atoms with van der Waals surface area (Å²) in [5, 5.41) is 12.4. The van der Waals surface area contributed by atoms with E-state index in [1.807, 2.05) is 18.2 Å². The van der Waals surface area contributed by atoms with Crippen molar-refractivity contribution in [2.75, 3.05) is 13.1 Å². The SMILES string of the molecule is Oc1ccc2ccccc2c1CSC(=S)N1CCCC1. The lowest BCUT2D eigenvalue weighted by Crippen LogP contribution is -2.23. The fourth-order valence-corrected chi connectivity index (χ4v) is 3.90. The van der Waals surface area contributed by atoms with Crippen LogP contribution in [0.3, 0.4) is 0 Å². The number of nitrogens with zero attached hydrogens (tertiary/aromatic N) is 1. The van der Waals surface area contributed by atoms with Crippen molar-refractivity contribution < 1.29 is 5.11 Å². The van der Waals surface area contributed by atoms with Crippen molar-refractivity contribution in [3.63, 3.8) is 0 Å². The molecule has 2 aromatic rings. The molecule has 1 N–H and O–H groups in total. The zero-order valence-corrected chi connectivity index (χ0v) is 12.8. The topological polar surface area (TPSA) is 23.5 Å². The Morgan fingerprint density at radius 3 is 2.70 bits per heavy atom. The van der Waals surface area contributed by atoms with Gasteiger partial charge in [-0.1, -0.05) is 54.3 Å². The summed E-state index contributed by atoms with van der Waals surface area (Å²) in [6.07, 6.45) is 2.47. The van der Waals surface area contributed by atoms with Crippen LogP contribution in [0.25, 0.3) is 10.8 Å². The molecule has 104 valence electrons. The van der Waals surface area contributed by atoms with Crippen LogP contribution in [0, 0.1) is 0 Å². The lowest BCUT2D eigenvalue weighted by atomic mass is 10.0. The van der Waals surface area contributed by atoms with E-state index in [2.05, 4.69) is 17.0 Å². The predicted octanol–water partition coefficient (Wildman–Crippen LogP) is 4.16. The molecule has 0 saturated carbocycles. The first kappa shape index (κ1) is 13.7. The van der Waals surface area contributed by atoms with E-state index in [1.165, 1.54) is 12.8 Å². The Hall–Kier alpha value is -1.26. The van der Waals surface area contributed by atoms with Crippen LogP contribution in [0.15, 0.2) is 36.4 Å². The largest absolute Gasteiger partial charge is 0.508 e. The molecule has 3 rings (SSSR count). The third-order valence-corrected chi connectivity index (χ3v) is 5.27. The molecule has 0 amide bonds. The Labute approximate surface area is 128 Å². The van der Waals surface area contributed by atoms with E-state index < -0.39 is 0 Å². The standard InChI is InChI=1S/C16H17NOS2/c18-15-8-7-12-5-1-2-6-13(12)14(15)11-20-16(19)17-9-3-4-10-17/h1-2,5-8,18H,3-4,9-11H2. The summed E-state index contributed by atoms with van der Waals surface area (Å²) in [5.74, 6) is 1.09. The van der Waals surface area contributed by atoms with Crippen molar-refractivity contribution in [3.8, 4) is 5.75 Å². The minimum Gasteiger partial charge on any atom is -0.508 e. The van der Waals surface area contributed by atoms with Gasteiger partial charge in [-0.2, -0.15) is 0 Å². The van der Waals surface area contributed by atoms with Gasteiger partial charge in [-0.05, 0) is 29.7 Å². The summed E-state index contributed by atoms with van der Waals surface area (Å²) in [4.78, 5) is 2.27. The maximum absolute atomic E-state index is 10.1. The summed E-state index contributed by atoms with van der Waals surface area (Å²) in [5.41, 5.74) is 0.981. The number of hydrogen-bond acceptors (Lipinski definition) is 3. The number of aromatic hydroxyl groups is 1. The molecule has 1 aliphatic heterocycles. The average molecular weight is 303 g/mol. The second-order valence-electron chi connectivity index (χ2n) is 5.03. The Bertz CT molecular complexity index is 635. The molecule has 0 bridgehead atoms. The van der Waals surface area contributed by atoms with E-state index in [-0.39, 0.29) is 0 Å². The van der Waals surface area contributed by atoms with Gasteiger partial charge in [0.05, 0.1) is 0 Å². The van der Waals surface area contributed by atoms with Crippen LogP contribution >= 0.6 is 24.0 Å². The van der Waals surface area contributed by atoms with Gasteiger partial charge in [0, 0.05) is 24.4 Å². The van der Waals surface area contributed by atoms with Crippen LogP contribution in [0.5, 0.6) is 5.75 Å². The molecule has 0 atom stereocenters. The molecule has 0 aromatic heterocycles. The van der Waals surface area contributed by atoms with Gasteiger partial charge in [-0.3, -0.25) is 0 Å². The molecule has 1 heterocycles. The smallest absolute Gasteiger partial charge is 0.136 e. The van der Waals surface area contributed by atoms with Gasteiger partial charge < -0.3 is 10.0 Å². The number of phenols is 1. The number of likely N-dealkylation sites (tertiary alicyclic amines) is 1. The Morgan fingerprint density at radius 2 is 1.90 bits per heavy atom. The first-order valence-corrected chi connectivity index (χ1v) is 8.26. The summed E-state index contributed by atoms with van der Waals surface area (Å²) < 4.78 is 0.954. The number of thiocarbonyl (C=S) groups is 1. The highest BCUT2D eigenvalue weighted by molar-refractivity contribution is 8.22. The van der Waals surface area contributed by atoms with Crippen molar-refractivity contribution in [1.82, 2.24) is 4.90 Å². The number of rotatable bonds is 2. The van der Waals surface area contributed by atoms with E-state index >= 15 is 0 Å². The van der Waals surface area contributed by atoms with Gasteiger partial charge in [-0.15, -0.1) is 0 Å². The number of phenolic OH excluding ortho intramolecular Hbond substituents is 1. The zero-order chi connectivity index (χ0) is 13.9. The van der Waals surface area contributed by atoms with Gasteiger partial charge >= 0.3 is 0 Å². The quantitative estimate of drug-likeness (QED) is 0.842. The van der Waals surface area contributed by atoms with E-state index in [1.54, 1.807) is 17.8 Å². The summed E-state index contributed by atoms with van der Waals surface area (Å²) >= 11 is 7.14. The summed E-state index contributed by atoms with van der Waals surface area (Å²) in [6.45, 7) is 2.15. The van der Waals surface area contributed by atoms with Gasteiger partial charge in [-0.25, -0.2) is 0 Å². The van der Waals surface area contributed by atoms with Gasteiger partial charge in [0.15, 0.2) is 0 Å². The molecular formula is C16H17NOS2. The summed E-state index contributed by atoms with van der Waals surface area (Å²) in [7, 11) is 0. The molecule has 1 aliphatic rings. The summed E-state index contributed by atoms with van der Waals surface area (Å²) in [6, 6.07) is 11.9. The first-order valence-electron chi connectivity index (χ1n) is 6.87. The molecule has 0 radical (unpaired) electrons. The Kier molecular flexibility index (Phi) is 4.13. The molecule has 20 heavy (non-hydrogen) atoms. The molecular weight excluding hydrogens is 286 g/mol. The van der Waals surface area contributed by atoms with Crippen molar-refractivity contribution in [2.45, 2.75) is 18.6 Å². The highest BCUT2D eigenvalue weighted by atomic mass is 32.2. The normalized spacial score (nSPS) is 14.9. The predicted molar refractivity (Wildman–Crippen MR) is 90.3 cm³/mol. The molecule has 2 nitrogen and oxygen atoms in total. The van der Waals surface area contributed by atoms with Gasteiger partial charge in [0.2, 0.25) is 0 Å². The molecule has 1 saturated heterocycles. The van der Waals surface area contributed by atoms with Gasteiger partial charge in [0.25, 0.3) is 0 Å². The van der Waals surface area contributed by atoms with Gasteiger partial charge in [0.1, 0.15) is 10.1 Å². The molecule has 0 unspecified atom stereocenters.